The van der Waals surface area contributed by atoms with Crippen molar-refractivity contribution in [2.24, 2.45) is 0 Å². The summed E-state index contributed by atoms with van der Waals surface area (Å²) in [5.41, 5.74) is 0.150. The smallest absolute Gasteiger partial charge is 0.303 e. The van der Waals surface area contributed by atoms with Crippen LogP contribution < -0.4 is 5.32 Å². The van der Waals surface area contributed by atoms with Crippen LogP contribution >= 0.6 is 0 Å². The van der Waals surface area contributed by atoms with Gasteiger partial charge in [-0.15, -0.1) is 0 Å². The van der Waals surface area contributed by atoms with Crippen LogP contribution in [0.3, 0.4) is 0 Å². The molecular weight excluding hydrogens is 275 g/mol. The Balaban J connectivity index is 2.52. The van der Waals surface area contributed by atoms with Crippen LogP contribution in [0.2, 0.25) is 0 Å². The van der Waals surface area contributed by atoms with Crippen LogP contribution in [0, 0.1) is 5.82 Å². The maximum atomic E-state index is 13.4. The van der Waals surface area contributed by atoms with Gasteiger partial charge in [-0.3, -0.25) is 14.5 Å². The van der Waals surface area contributed by atoms with Crippen molar-refractivity contribution >= 4 is 17.6 Å². The van der Waals surface area contributed by atoms with Crippen molar-refractivity contribution in [1.82, 2.24) is 4.90 Å². The Labute approximate surface area is 123 Å². The number of para-hydroxylation sites is 1. The maximum absolute atomic E-state index is 13.4. The van der Waals surface area contributed by atoms with E-state index < -0.39 is 11.8 Å². The number of benzene rings is 1. The van der Waals surface area contributed by atoms with Crippen molar-refractivity contribution in [3.63, 3.8) is 0 Å². The fourth-order valence-electron chi connectivity index (χ4n) is 1.89. The Hall–Kier alpha value is -1.95. The summed E-state index contributed by atoms with van der Waals surface area (Å²) >= 11 is 0. The molecule has 0 aliphatic carbocycles. The minimum Gasteiger partial charge on any atom is -0.481 e. The predicted octanol–water partition coefficient (Wildman–Crippen LogP) is 2.34. The number of rotatable bonds is 8. The summed E-state index contributed by atoms with van der Waals surface area (Å²) in [6.07, 6.45) is 0.540. The molecule has 0 heterocycles. The van der Waals surface area contributed by atoms with E-state index in [-0.39, 0.29) is 30.6 Å². The monoisotopic (exact) mass is 296 g/mol. The van der Waals surface area contributed by atoms with Gasteiger partial charge in [0.05, 0.1) is 12.2 Å². The van der Waals surface area contributed by atoms with Crippen molar-refractivity contribution < 1.29 is 19.1 Å². The number of carboxylic acids is 1. The van der Waals surface area contributed by atoms with Gasteiger partial charge in [0.15, 0.2) is 0 Å². The van der Waals surface area contributed by atoms with Crippen LogP contribution in [0.1, 0.15) is 26.7 Å². The minimum absolute atomic E-state index is 0.0676. The van der Waals surface area contributed by atoms with Crippen LogP contribution in [-0.4, -0.2) is 41.0 Å². The van der Waals surface area contributed by atoms with Gasteiger partial charge in [0.1, 0.15) is 5.82 Å². The maximum Gasteiger partial charge on any atom is 0.303 e. The number of amides is 1. The number of carbonyl (C=O) groups excluding carboxylic acids is 1. The number of carbonyl (C=O) groups is 2. The first kappa shape index (κ1) is 17.1. The van der Waals surface area contributed by atoms with Gasteiger partial charge in [-0.05, 0) is 38.9 Å². The second-order valence-corrected chi connectivity index (χ2v) is 5.09. The van der Waals surface area contributed by atoms with Gasteiger partial charge in [-0.25, -0.2) is 4.39 Å². The number of halogens is 1. The summed E-state index contributed by atoms with van der Waals surface area (Å²) in [5, 5.41) is 11.2. The van der Waals surface area contributed by atoms with Gasteiger partial charge in [-0.2, -0.15) is 0 Å². The molecule has 2 N–H and O–H groups in total. The Morgan fingerprint density at radius 1 is 1.33 bits per heavy atom. The van der Waals surface area contributed by atoms with Crippen molar-refractivity contribution in [2.45, 2.75) is 32.7 Å². The average Bonchev–Trinajstić information content (AvgIpc) is 2.39. The molecule has 1 aromatic rings. The number of hydrogen-bond donors (Lipinski definition) is 2. The van der Waals surface area contributed by atoms with Crippen LogP contribution in [0.25, 0.3) is 0 Å². The average molecular weight is 296 g/mol. The highest BCUT2D eigenvalue weighted by molar-refractivity contribution is 5.92. The first-order valence-corrected chi connectivity index (χ1v) is 6.90. The lowest BCUT2D eigenvalue weighted by Crippen LogP contribution is -2.38. The molecule has 6 heteroatoms. The summed E-state index contributed by atoms with van der Waals surface area (Å²) in [6, 6.07) is 6.08. The third-order valence-electron chi connectivity index (χ3n) is 3.06. The zero-order valence-corrected chi connectivity index (χ0v) is 12.3. The van der Waals surface area contributed by atoms with Crippen LogP contribution in [-0.2, 0) is 9.59 Å². The molecule has 0 radical (unpaired) electrons. The molecule has 0 bridgehead atoms. The topological polar surface area (TPSA) is 69.6 Å². The molecular formula is C15H21FN2O3. The van der Waals surface area contributed by atoms with Gasteiger partial charge in [0, 0.05) is 12.5 Å². The lowest BCUT2D eigenvalue weighted by molar-refractivity contribution is -0.137. The molecule has 0 fully saturated rings. The molecule has 0 atom stereocenters. The van der Waals surface area contributed by atoms with Gasteiger partial charge in [0.25, 0.3) is 0 Å². The summed E-state index contributed by atoms with van der Waals surface area (Å²) in [5.74, 6) is -1.65. The van der Waals surface area contributed by atoms with Crippen LogP contribution in [0.5, 0.6) is 0 Å². The highest BCUT2D eigenvalue weighted by Crippen LogP contribution is 2.12. The number of hydrogen-bond acceptors (Lipinski definition) is 3. The number of carboxylic acid groups (broad SMARTS) is 1. The van der Waals surface area contributed by atoms with Gasteiger partial charge in [0.2, 0.25) is 5.91 Å². The van der Waals surface area contributed by atoms with E-state index in [1.54, 1.807) is 12.1 Å². The second-order valence-electron chi connectivity index (χ2n) is 5.09. The Kier molecular flexibility index (Phi) is 6.81. The molecule has 0 aliphatic rings. The molecule has 0 saturated heterocycles. The van der Waals surface area contributed by atoms with Crippen molar-refractivity contribution in [1.29, 1.82) is 0 Å². The molecule has 5 nitrogen and oxygen atoms in total. The normalized spacial score (nSPS) is 10.9. The van der Waals surface area contributed by atoms with Crippen molar-refractivity contribution in [3.05, 3.63) is 30.1 Å². The summed E-state index contributed by atoms with van der Waals surface area (Å²) in [6.45, 7) is 4.47. The first-order chi connectivity index (χ1) is 9.90. The lowest BCUT2D eigenvalue weighted by atomic mass is 10.2. The SMILES string of the molecule is CC(C)N(CCCC(=O)O)CC(=O)Nc1ccccc1F. The number of nitrogens with one attached hydrogen (secondary N) is 1. The second kappa shape index (κ2) is 8.36. The van der Waals surface area contributed by atoms with E-state index in [1.807, 2.05) is 18.7 Å². The number of nitrogens with zero attached hydrogens (tertiary/aromatic N) is 1. The quantitative estimate of drug-likeness (QED) is 0.772. The molecule has 1 aromatic carbocycles. The van der Waals surface area contributed by atoms with E-state index in [4.69, 9.17) is 5.11 Å². The molecule has 0 aromatic heterocycles. The lowest BCUT2D eigenvalue weighted by Gasteiger charge is -2.25. The molecule has 116 valence electrons. The fourth-order valence-corrected chi connectivity index (χ4v) is 1.89. The van der Waals surface area contributed by atoms with E-state index in [2.05, 4.69) is 5.32 Å². The van der Waals surface area contributed by atoms with E-state index in [9.17, 15) is 14.0 Å². The molecule has 21 heavy (non-hydrogen) atoms. The summed E-state index contributed by atoms with van der Waals surface area (Å²) in [4.78, 5) is 24.3. The highest BCUT2D eigenvalue weighted by atomic mass is 19.1. The van der Waals surface area contributed by atoms with Crippen LogP contribution in [0.4, 0.5) is 10.1 Å². The standard InChI is InChI=1S/C15H21FN2O3/c1-11(2)18(9-5-8-15(20)21)10-14(19)17-13-7-4-3-6-12(13)16/h3-4,6-7,11H,5,8-10H2,1-2H3,(H,17,19)(H,20,21). The minimum atomic E-state index is -0.852. The van der Waals surface area contributed by atoms with Crippen molar-refractivity contribution in [2.75, 3.05) is 18.4 Å². The molecule has 1 amide bonds. The number of anilines is 1. The zero-order chi connectivity index (χ0) is 15.8. The van der Waals surface area contributed by atoms with Gasteiger partial charge in [-0.1, -0.05) is 12.1 Å². The predicted molar refractivity (Wildman–Crippen MR) is 78.6 cm³/mol. The van der Waals surface area contributed by atoms with E-state index in [1.165, 1.54) is 12.1 Å². The Morgan fingerprint density at radius 2 is 2.00 bits per heavy atom. The van der Waals surface area contributed by atoms with Crippen LogP contribution in [0.15, 0.2) is 24.3 Å². The van der Waals surface area contributed by atoms with E-state index >= 15 is 0 Å². The van der Waals surface area contributed by atoms with Crippen molar-refractivity contribution in [3.8, 4) is 0 Å². The van der Waals surface area contributed by atoms with Gasteiger partial charge >= 0.3 is 5.97 Å². The highest BCUT2D eigenvalue weighted by Gasteiger charge is 2.15. The van der Waals surface area contributed by atoms with Gasteiger partial charge < -0.3 is 10.4 Å². The Morgan fingerprint density at radius 3 is 2.57 bits per heavy atom. The largest absolute Gasteiger partial charge is 0.481 e. The molecule has 0 unspecified atom stereocenters. The Bertz CT molecular complexity index is 492. The molecule has 0 spiro atoms. The first-order valence-electron chi connectivity index (χ1n) is 6.90. The summed E-state index contributed by atoms with van der Waals surface area (Å²) < 4.78 is 13.4. The third-order valence-corrected chi connectivity index (χ3v) is 3.06. The van der Waals surface area contributed by atoms with E-state index in [0.717, 1.165) is 0 Å². The van der Waals surface area contributed by atoms with E-state index in [0.29, 0.717) is 13.0 Å². The number of aliphatic carboxylic acids is 1. The fraction of sp³-hybridized carbons (Fsp3) is 0.467. The third kappa shape index (κ3) is 6.35. The molecule has 0 aliphatic heterocycles. The molecule has 0 saturated carbocycles. The molecule has 1 rings (SSSR count). The summed E-state index contributed by atoms with van der Waals surface area (Å²) in [7, 11) is 0. The zero-order valence-electron chi connectivity index (χ0n) is 12.3.